The third-order valence-electron chi connectivity index (χ3n) is 8.41. The number of anilines is 1. The summed E-state index contributed by atoms with van der Waals surface area (Å²) >= 11 is 0. The second-order valence-corrected chi connectivity index (χ2v) is 10.0. The van der Waals surface area contributed by atoms with Crippen LogP contribution < -0.4 is 4.90 Å². The molecule has 1 aromatic carbocycles. The smallest absolute Gasteiger partial charge is 0.241 e. The molecule has 4 fully saturated rings. The number of carbonyl (C=O) groups is 4. The van der Waals surface area contributed by atoms with Crippen molar-refractivity contribution in [3.8, 4) is 0 Å². The summed E-state index contributed by atoms with van der Waals surface area (Å²) in [6, 6.07) is 7.27. The summed E-state index contributed by atoms with van der Waals surface area (Å²) in [7, 11) is 0. The first-order valence-electron chi connectivity index (χ1n) is 11.2. The third-order valence-corrected chi connectivity index (χ3v) is 8.41. The van der Waals surface area contributed by atoms with Gasteiger partial charge in [-0.05, 0) is 37.3 Å². The van der Waals surface area contributed by atoms with Gasteiger partial charge in [0, 0.05) is 0 Å². The minimum Gasteiger partial charge on any atom is -0.360 e. The van der Waals surface area contributed by atoms with E-state index in [2.05, 4.69) is 12.2 Å². The number of rotatable bonds is 3. The van der Waals surface area contributed by atoms with Gasteiger partial charge in [-0.1, -0.05) is 42.0 Å². The zero-order valence-electron chi connectivity index (χ0n) is 17.5. The molecule has 4 heterocycles. The van der Waals surface area contributed by atoms with Crippen LogP contribution in [0.4, 0.5) is 5.69 Å². The second kappa shape index (κ2) is 5.84. The van der Waals surface area contributed by atoms with Crippen LogP contribution >= 0.6 is 0 Å². The lowest BCUT2D eigenvalue weighted by Gasteiger charge is -2.32. The summed E-state index contributed by atoms with van der Waals surface area (Å²) in [4.78, 5) is 55.8. The molecule has 1 saturated carbocycles. The largest absolute Gasteiger partial charge is 0.360 e. The summed E-state index contributed by atoms with van der Waals surface area (Å²) in [6.45, 7) is 1.94. The Labute approximate surface area is 184 Å². The fourth-order valence-electron chi connectivity index (χ4n) is 7.00. The van der Waals surface area contributed by atoms with E-state index in [0.29, 0.717) is 5.69 Å². The Hall–Kier alpha value is -3.06. The molecule has 4 bridgehead atoms. The number of amides is 4. The Morgan fingerprint density at radius 1 is 0.875 bits per heavy atom. The van der Waals surface area contributed by atoms with Gasteiger partial charge in [-0.15, -0.1) is 0 Å². The van der Waals surface area contributed by atoms with Gasteiger partial charge in [0.2, 0.25) is 23.6 Å². The Morgan fingerprint density at radius 3 is 2.19 bits per heavy atom. The molecule has 3 saturated heterocycles. The molecule has 1 aromatic rings. The highest BCUT2D eigenvalue weighted by Crippen LogP contribution is 2.56. The first-order valence-corrected chi connectivity index (χ1v) is 11.2. The maximum Gasteiger partial charge on any atom is 0.241 e. The number of aryl methyl sites for hydroxylation is 1. The summed E-state index contributed by atoms with van der Waals surface area (Å²) in [6.07, 6.45) is 8.08. The Morgan fingerprint density at radius 2 is 1.53 bits per heavy atom. The Balaban J connectivity index is 1.22. The molecule has 4 amide bonds. The predicted octanol–water partition coefficient (Wildman–Crippen LogP) is 1.62. The van der Waals surface area contributed by atoms with Crippen LogP contribution in [-0.4, -0.2) is 46.8 Å². The molecule has 7 rings (SSSR count). The molecule has 8 atom stereocenters. The normalized spacial score (nSPS) is 42.7. The van der Waals surface area contributed by atoms with Gasteiger partial charge in [0.25, 0.3) is 0 Å². The minimum atomic E-state index is -1.14. The summed E-state index contributed by atoms with van der Waals surface area (Å²) in [5.41, 5.74) is 0.438. The lowest BCUT2D eigenvalue weighted by molar-refractivity contribution is -0.146. The topological polar surface area (TPSA) is 84.0 Å². The number of nitrogens with zero attached hydrogens (tertiary/aromatic N) is 2. The maximum absolute atomic E-state index is 13.5. The Kier molecular flexibility index (Phi) is 3.38. The zero-order valence-corrected chi connectivity index (χ0v) is 17.5. The average Bonchev–Trinajstić information content (AvgIpc) is 3.60. The van der Waals surface area contributed by atoms with Gasteiger partial charge in [-0.25, -0.2) is 4.90 Å². The lowest BCUT2D eigenvalue weighted by atomic mass is 9.76. The molecule has 0 spiro atoms. The molecule has 162 valence electrons. The average molecular weight is 430 g/mol. The molecule has 2 aliphatic carbocycles. The van der Waals surface area contributed by atoms with Crippen LogP contribution in [0.2, 0.25) is 0 Å². The number of ether oxygens (including phenoxy) is 1. The van der Waals surface area contributed by atoms with E-state index in [1.54, 1.807) is 18.2 Å². The van der Waals surface area contributed by atoms with Crippen LogP contribution in [0.1, 0.15) is 12.0 Å². The molecule has 8 unspecified atom stereocenters. The highest BCUT2D eigenvalue weighted by molar-refractivity contribution is 6.23. The molecule has 32 heavy (non-hydrogen) atoms. The van der Waals surface area contributed by atoms with E-state index >= 15 is 0 Å². The van der Waals surface area contributed by atoms with Gasteiger partial charge >= 0.3 is 0 Å². The van der Waals surface area contributed by atoms with E-state index in [4.69, 9.17) is 4.74 Å². The van der Waals surface area contributed by atoms with Crippen molar-refractivity contribution >= 4 is 29.3 Å². The fourth-order valence-corrected chi connectivity index (χ4v) is 7.00. The highest BCUT2D eigenvalue weighted by atomic mass is 16.5. The van der Waals surface area contributed by atoms with Crippen LogP contribution in [0, 0.1) is 42.4 Å². The number of hydrogen-bond donors (Lipinski definition) is 0. The monoisotopic (exact) mass is 430 g/mol. The standard InChI is InChI=1S/C25H22N2O5/c1-12-2-6-15(7-3-12)27-23(30)19-16-8-9-25(32-16,20(19)24(27)31)11-26-21(28)17-13-4-5-14(10-13)18(17)22(26)29/h2-9,13-14,16-20H,10-11H2,1H3. The Bertz CT molecular complexity index is 1140. The summed E-state index contributed by atoms with van der Waals surface area (Å²) in [5.74, 6) is -2.63. The van der Waals surface area contributed by atoms with Gasteiger partial charge in [0.1, 0.15) is 5.60 Å². The van der Waals surface area contributed by atoms with E-state index < -0.39 is 23.5 Å². The van der Waals surface area contributed by atoms with Gasteiger partial charge in [0.05, 0.1) is 42.0 Å². The fraction of sp³-hybridized carbons (Fsp3) is 0.440. The van der Waals surface area contributed by atoms with Crippen molar-refractivity contribution in [1.82, 2.24) is 4.90 Å². The number of allylic oxidation sites excluding steroid dienone is 2. The molecular weight excluding hydrogens is 408 g/mol. The van der Waals surface area contributed by atoms with Crippen molar-refractivity contribution in [3.63, 3.8) is 0 Å². The van der Waals surface area contributed by atoms with E-state index in [-0.39, 0.29) is 53.8 Å². The van der Waals surface area contributed by atoms with Crippen molar-refractivity contribution < 1.29 is 23.9 Å². The molecule has 0 radical (unpaired) electrons. The molecule has 0 N–H and O–H groups in total. The van der Waals surface area contributed by atoms with E-state index in [1.165, 1.54) is 9.80 Å². The molecular formula is C25H22N2O5. The van der Waals surface area contributed by atoms with E-state index in [1.807, 2.05) is 25.1 Å². The van der Waals surface area contributed by atoms with Crippen molar-refractivity contribution in [1.29, 1.82) is 0 Å². The number of hydrogen-bond acceptors (Lipinski definition) is 5. The first-order chi connectivity index (χ1) is 15.4. The molecule has 4 aliphatic heterocycles. The highest BCUT2D eigenvalue weighted by Gasteiger charge is 2.70. The molecule has 0 aromatic heterocycles. The number of carbonyl (C=O) groups excluding carboxylic acids is 4. The summed E-state index contributed by atoms with van der Waals surface area (Å²) < 4.78 is 6.18. The van der Waals surface area contributed by atoms with Crippen molar-refractivity contribution in [2.45, 2.75) is 25.0 Å². The number of likely N-dealkylation sites (tertiary alicyclic amines) is 1. The van der Waals surface area contributed by atoms with Crippen LogP contribution in [0.5, 0.6) is 0 Å². The predicted molar refractivity (Wildman–Crippen MR) is 112 cm³/mol. The maximum atomic E-state index is 13.5. The van der Waals surface area contributed by atoms with Crippen LogP contribution in [0.15, 0.2) is 48.6 Å². The van der Waals surface area contributed by atoms with Crippen LogP contribution in [0.3, 0.4) is 0 Å². The van der Waals surface area contributed by atoms with Crippen molar-refractivity contribution in [3.05, 3.63) is 54.1 Å². The van der Waals surface area contributed by atoms with Crippen molar-refractivity contribution in [2.75, 3.05) is 11.4 Å². The third kappa shape index (κ3) is 2.05. The first kappa shape index (κ1) is 18.5. The van der Waals surface area contributed by atoms with E-state index in [9.17, 15) is 19.2 Å². The van der Waals surface area contributed by atoms with Crippen LogP contribution in [0.25, 0.3) is 0 Å². The molecule has 7 heteroatoms. The number of benzene rings is 1. The summed E-state index contributed by atoms with van der Waals surface area (Å²) in [5, 5.41) is 0. The van der Waals surface area contributed by atoms with Gasteiger partial charge in [0.15, 0.2) is 0 Å². The second-order valence-electron chi connectivity index (χ2n) is 10.0. The molecule has 7 nitrogen and oxygen atoms in total. The quantitative estimate of drug-likeness (QED) is 0.538. The minimum absolute atomic E-state index is 0.00791. The van der Waals surface area contributed by atoms with Gasteiger partial charge in [-0.3, -0.25) is 24.1 Å². The number of fused-ring (bicyclic) bond motifs is 10. The lowest BCUT2D eigenvalue weighted by Crippen LogP contribution is -2.51. The SMILES string of the molecule is Cc1ccc(N2C(=O)C3C4C=CC(CN5C(=O)C6C7C=CC(C7)C6C5=O)(O4)C3C2=O)cc1. The zero-order chi connectivity index (χ0) is 21.9. The van der Waals surface area contributed by atoms with Gasteiger partial charge < -0.3 is 4.74 Å². The van der Waals surface area contributed by atoms with Gasteiger partial charge in [-0.2, -0.15) is 0 Å². The van der Waals surface area contributed by atoms with Crippen LogP contribution in [-0.2, 0) is 23.9 Å². The van der Waals surface area contributed by atoms with Crippen molar-refractivity contribution in [2.24, 2.45) is 35.5 Å². The van der Waals surface area contributed by atoms with E-state index in [0.717, 1.165) is 12.0 Å². The molecule has 6 aliphatic rings. The number of imide groups is 2.